The second-order valence-electron chi connectivity index (χ2n) is 4.84. The Labute approximate surface area is 111 Å². The van der Waals surface area contributed by atoms with E-state index in [9.17, 15) is 18.3 Å². The standard InChI is InChI=1S/C14H20F3NO/c1-3-14(4-2,9-19)8-18-7-10-5-11(15)13(17)12(16)6-10/h5-6,18-19H,3-4,7-9H2,1-2H3. The average Bonchev–Trinajstić information content (AvgIpc) is 2.41. The van der Waals surface area contributed by atoms with Crippen molar-refractivity contribution >= 4 is 0 Å². The van der Waals surface area contributed by atoms with Gasteiger partial charge in [0.05, 0.1) is 0 Å². The van der Waals surface area contributed by atoms with E-state index in [1.165, 1.54) is 0 Å². The predicted molar refractivity (Wildman–Crippen MR) is 68.1 cm³/mol. The smallest absolute Gasteiger partial charge is 0.194 e. The molecule has 0 aliphatic heterocycles. The van der Waals surface area contributed by atoms with Gasteiger partial charge in [-0.1, -0.05) is 13.8 Å². The van der Waals surface area contributed by atoms with Gasteiger partial charge in [0.2, 0.25) is 0 Å². The zero-order valence-electron chi connectivity index (χ0n) is 11.3. The van der Waals surface area contributed by atoms with Crippen molar-refractivity contribution in [3.63, 3.8) is 0 Å². The van der Waals surface area contributed by atoms with Crippen molar-refractivity contribution in [1.29, 1.82) is 0 Å². The second-order valence-corrected chi connectivity index (χ2v) is 4.84. The largest absolute Gasteiger partial charge is 0.396 e. The lowest BCUT2D eigenvalue weighted by Crippen LogP contribution is -2.36. The molecule has 108 valence electrons. The van der Waals surface area contributed by atoms with Crippen LogP contribution in [0.15, 0.2) is 12.1 Å². The fourth-order valence-electron chi connectivity index (χ4n) is 1.96. The summed E-state index contributed by atoms with van der Waals surface area (Å²) < 4.78 is 38.8. The first-order chi connectivity index (χ1) is 8.98. The van der Waals surface area contributed by atoms with Crippen LogP contribution >= 0.6 is 0 Å². The molecule has 1 aromatic carbocycles. The third kappa shape index (κ3) is 3.94. The number of aliphatic hydroxyl groups excluding tert-OH is 1. The van der Waals surface area contributed by atoms with Crippen LogP contribution in [0.4, 0.5) is 13.2 Å². The number of aliphatic hydroxyl groups is 1. The Hall–Kier alpha value is -1.07. The molecule has 1 rings (SSSR count). The molecule has 0 heterocycles. The van der Waals surface area contributed by atoms with E-state index in [1.807, 2.05) is 13.8 Å². The van der Waals surface area contributed by atoms with Gasteiger partial charge in [0, 0.05) is 25.1 Å². The lowest BCUT2D eigenvalue weighted by Gasteiger charge is -2.29. The zero-order chi connectivity index (χ0) is 14.5. The number of halogens is 3. The monoisotopic (exact) mass is 275 g/mol. The topological polar surface area (TPSA) is 32.3 Å². The van der Waals surface area contributed by atoms with Crippen LogP contribution in [0, 0.1) is 22.9 Å². The van der Waals surface area contributed by atoms with Crippen LogP contribution in [0.25, 0.3) is 0 Å². The van der Waals surface area contributed by atoms with Gasteiger partial charge in [-0.05, 0) is 30.5 Å². The van der Waals surface area contributed by atoms with Crippen LogP contribution in [0.1, 0.15) is 32.3 Å². The van der Waals surface area contributed by atoms with Gasteiger partial charge in [0.25, 0.3) is 0 Å². The molecule has 0 bridgehead atoms. The minimum absolute atomic E-state index is 0.0547. The summed E-state index contributed by atoms with van der Waals surface area (Å²) >= 11 is 0. The lowest BCUT2D eigenvalue weighted by atomic mass is 9.83. The van der Waals surface area contributed by atoms with Gasteiger partial charge in [-0.3, -0.25) is 0 Å². The Balaban J connectivity index is 2.63. The van der Waals surface area contributed by atoms with E-state index < -0.39 is 17.5 Å². The molecule has 0 aromatic heterocycles. The van der Waals surface area contributed by atoms with Crippen molar-refractivity contribution in [2.75, 3.05) is 13.2 Å². The first kappa shape index (κ1) is 16.0. The number of hydrogen-bond donors (Lipinski definition) is 2. The van der Waals surface area contributed by atoms with Gasteiger partial charge in [0.1, 0.15) is 0 Å². The number of benzene rings is 1. The molecular weight excluding hydrogens is 255 g/mol. The molecule has 0 saturated heterocycles. The summed E-state index contributed by atoms with van der Waals surface area (Å²) in [6.07, 6.45) is 1.61. The molecule has 1 aromatic rings. The number of rotatable bonds is 7. The second kappa shape index (κ2) is 6.91. The maximum Gasteiger partial charge on any atom is 0.194 e. The van der Waals surface area contributed by atoms with Gasteiger partial charge < -0.3 is 10.4 Å². The van der Waals surface area contributed by atoms with Crippen LogP contribution in [0.2, 0.25) is 0 Å². The molecule has 0 atom stereocenters. The van der Waals surface area contributed by atoms with E-state index in [2.05, 4.69) is 5.32 Å². The summed E-state index contributed by atoms with van der Waals surface area (Å²) in [4.78, 5) is 0. The molecule has 0 amide bonds. The van der Waals surface area contributed by atoms with Crippen LogP contribution in [-0.2, 0) is 6.54 Å². The highest BCUT2D eigenvalue weighted by atomic mass is 19.2. The Kier molecular flexibility index (Phi) is 5.82. The minimum Gasteiger partial charge on any atom is -0.396 e. The molecule has 2 N–H and O–H groups in total. The quantitative estimate of drug-likeness (QED) is 0.750. The Morgan fingerprint density at radius 2 is 1.63 bits per heavy atom. The van der Waals surface area contributed by atoms with E-state index in [4.69, 9.17) is 0 Å². The van der Waals surface area contributed by atoms with Crippen molar-refractivity contribution in [3.8, 4) is 0 Å². The molecule has 0 aliphatic rings. The third-order valence-corrected chi connectivity index (χ3v) is 3.71. The summed E-state index contributed by atoms with van der Waals surface area (Å²) in [6, 6.07) is 1.95. The predicted octanol–water partition coefficient (Wildman–Crippen LogP) is 2.99. The Morgan fingerprint density at radius 1 is 1.11 bits per heavy atom. The maximum atomic E-state index is 13.0. The van der Waals surface area contributed by atoms with Gasteiger partial charge in [-0.2, -0.15) is 0 Å². The van der Waals surface area contributed by atoms with E-state index >= 15 is 0 Å². The van der Waals surface area contributed by atoms with E-state index in [0.717, 1.165) is 25.0 Å². The SMILES string of the molecule is CCC(CC)(CO)CNCc1cc(F)c(F)c(F)c1. The van der Waals surface area contributed by atoms with Gasteiger partial charge in [-0.15, -0.1) is 0 Å². The molecule has 0 spiro atoms. The molecule has 2 nitrogen and oxygen atoms in total. The Morgan fingerprint density at radius 3 is 2.05 bits per heavy atom. The third-order valence-electron chi connectivity index (χ3n) is 3.71. The van der Waals surface area contributed by atoms with E-state index in [1.54, 1.807) is 0 Å². The fourth-order valence-corrected chi connectivity index (χ4v) is 1.96. The van der Waals surface area contributed by atoms with Crippen LogP contribution < -0.4 is 5.32 Å². The summed E-state index contributed by atoms with van der Waals surface area (Å²) in [5, 5.41) is 12.4. The molecule has 0 aliphatic carbocycles. The molecule has 0 fully saturated rings. The van der Waals surface area contributed by atoms with Crippen LogP contribution in [-0.4, -0.2) is 18.3 Å². The van der Waals surface area contributed by atoms with Crippen molar-refractivity contribution in [2.24, 2.45) is 5.41 Å². The average molecular weight is 275 g/mol. The number of nitrogens with one attached hydrogen (secondary N) is 1. The molecule has 0 radical (unpaired) electrons. The van der Waals surface area contributed by atoms with Crippen molar-refractivity contribution in [2.45, 2.75) is 33.2 Å². The highest BCUT2D eigenvalue weighted by Gasteiger charge is 2.24. The fraction of sp³-hybridized carbons (Fsp3) is 0.571. The first-order valence-corrected chi connectivity index (χ1v) is 6.43. The number of hydrogen-bond acceptors (Lipinski definition) is 2. The van der Waals surface area contributed by atoms with Gasteiger partial charge >= 0.3 is 0 Å². The lowest BCUT2D eigenvalue weighted by molar-refractivity contribution is 0.113. The van der Waals surface area contributed by atoms with E-state index in [-0.39, 0.29) is 18.6 Å². The van der Waals surface area contributed by atoms with Crippen LogP contribution in [0.3, 0.4) is 0 Å². The van der Waals surface area contributed by atoms with Gasteiger partial charge in [0.15, 0.2) is 17.5 Å². The summed E-state index contributed by atoms with van der Waals surface area (Å²) in [7, 11) is 0. The summed E-state index contributed by atoms with van der Waals surface area (Å²) in [6.45, 7) is 4.80. The van der Waals surface area contributed by atoms with Crippen molar-refractivity contribution in [3.05, 3.63) is 35.1 Å². The molecule has 5 heteroatoms. The molecule has 19 heavy (non-hydrogen) atoms. The summed E-state index contributed by atoms with van der Waals surface area (Å²) in [5.74, 6) is -3.82. The molecule has 0 saturated carbocycles. The normalized spacial score (nSPS) is 11.9. The van der Waals surface area contributed by atoms with Crippen molar-refractivity contribution in [1.82, 2.24) is 5.32 Å². The molecular formula is C14H20F3NO. The highest BCUT2D eigenvalue weighted by Crippen LogP contribution is 2.24. The van der Waals surface area contributed by atoms with Gasteiger partial charge in [-0.25, -0.2) is 13.2 Å². The van der Waals surface area contributed by atoms with E-state index in [0.29, 0.717) is 12.1 Å². The minimum atomic E-state index is -1.45. The Bertz CT molecular complexity index is 388. The zero-order valence-corrected chi connectivity index (χ0v) is 11.3. The molecule has 0 unspecified atom stereocenters. The van der Waals surface area contributed by atoms with Crippen LogP contribution in [0.5, 0.6) is 0 Å². The maximum absolute atomic E-state index is 13.0. The highest BCUT2D eigenvalue weighted by molar-refractivity contribution is 5.19. The summed E-state index contributed by atoms with van der Waals surface area (Å²) in [5.41, 5.74) is 0.118. The van der Waals surface area contributed by atoms with Crippen molar-refractivity contribution < 1.29 is 18.3 Å². The first-order valence-electron chi connectivity index (χ1n) is 6.43.